The molecule has 3 heteroatoms. The summed E-state index contributed by atoms with van der Waals surface area (Å²) in [6, 6.07) is 6.74. The molecule has 0 bridgehead atoms. The van der Waals surface area contributed by atoms with Gasteiger partial charge in [-0.05, 0) is 44.0 Å². The van der Waals surface area contributed by atoms with E-state index in [-0.39, 0.29) is 5.54 Å². The summed E-state index contributed by atoms with van der Waals surface area (Å²) in [6.45, 7) is 8.73. The highest BCUT2D eigenvalue weighted by atomic mass is 15.2. The average molecular weight is 253 g/mol. The maximum Gasteiger partial charge on any atom is 0.101 e. The third-order valence-electron chi connectivity index (χ3n) is 4.10. The predicted molar refractivity (Wildman–Crippen MR) is 76.6 cm³/mol. The summed E-state index contributed by atoms with van der Waals surface area (Å²) < 4.78 is 2.05. The van der Waals surface area contributed by atoms with Crippen LogP contribution in [0.2, 0.25) is 0 Å². The van der Waals surface area contributed by atoms with Crippen LogP contribution in [0.15, 0.2) is 18.3 Å². The number of fused-ring (bicyclic) bond motifs is 2. The Kier molecular flexibility index (Phi) is 2.48. The lowest BCUT2D eigenvalue weighted by Gasteiger charge is -2.31. The maximum absolute atomic E-state index is 9.20. The monoisotopic (exact) mass is 253 g/mol. The van der Waals surface area contributed by atoms with E-state index in [2.05, 4.69) is 43.9 Å². The number of rotatable bonds is 0. The van der Waals surface area contributed by atoms with Crippen LogP contribution in [0.3, 0.4) is 0 Å². The van der Waals surface area contributed by atoms with Gasteiger partial charge in [0.2, 0.25) is 0 Å². The Morgan fingerprint density at radius 2 is 1.79 bits per heavy atom. The van der Waals surface area contributed by atoms with Gasteiger partial charge in [0.05, 0.1) is 5.56 Å². The van der Waals surface area contributed by atoms with E-state index in [1.54, 1.807) is 0 Å². The van der Waals surface area contributed by atoms with Crippen molar-refractivity contribution in [2.75, 3.05) is 0 Å². The van der Waals surface area contributed by atoms with Crippen molar-refractivity contribution in [3.8, 4) is 6.07 Å². The zero-order valence-electron chi connectivity index (χ0n) is 12.0. The van der Waals surface area contributed by atoms with E-state index in [1.807, 2.05) is 17.8 Å². The smallest absolute Gasteiger partial charge is 0.101 e. The molecule has 2 heterocycles. The highest BCUT2D eigenvalue weighted by molar-refractivity contribution is 5.88. The van der Waals surface area contributed by atoms with Crippen molar-refractivity contribution in [1.82, 2.24) is 9.47 Å². The van der Waals surface area contributed by atoms with Crippen LogP contribution in [0.5, 0.6) is 0 Å². The van der Waals surface area contributed by atoms with Crippen LogP contribution in [0.25, 0.3) is 10.9 Å². The summed E-state index contributed by atoms with van der Waals surface area (Å²) in [5.74, 6) is 0. The molecule has 0 spiro atoms. The summed E-state index contributed by atoms with van der Waals surface area (Å²) in [5.41, 5.74) is 4.88. The Morgan fingerprint density at radius 1 is 1.16 bits per heavy atom. The molecule has 0 unspecified atom stereocenters. The van der Waals surface area contributed by atoms with Gasteiger partial charge in [0.15, 0.2) is 0 Å². The fourth-order valence-corrected chi connectivity index (χ4v) is 2.84. The van der Waals surface area contributed by atoms with Crippen LogP contribution >= 0.6 is 0 Å². The molecule has 1 aliphatic rings. The number of aromatic nitrogens is 1. The molecule has 1 aliphatic heterocycles. The minimum atomic E-state index is 0.184. The summed E-state index contributed by atoms with van der Waals surface area (Å²) >= 11 is 0. The zero-order valence-corrected chi connectivity index (χ0v) is 12.0. The second-order valence-electron chi connectivity index (χ2n) is 6.43. The Labute approximate surface area is 114 Å². The third kappa shape index (κ3) is 1.84. The Bertz CT molecular complexity index is 695. The second kappa shape index (κ2) is 3.85. The van der Waals surface area contributed by atoms with Gasteiger partial charge in [-0.25, -0.2) is 0 Å². The van der Waals surface area contributed by atoms with Crippen LogP contribution in [-0.2, 0) is 20.1 Å². The van der Waals surface area contributed by atoms with Crippen molar-refractivity contribution in [3.63, 3.8) is 0 Å². The predicted octanol–water partition coefficient (Wildman–Crippen LogP) is 3.16. The fourth-order valence-electron chi connectivity index (χ4n) is 2.84. The molecule has 3 rings (SSSR count). The first-order chi connectivity index (χ1) is 8.90. The summed E-state index contributed by atoms with van der Waals surface area (Å²) in [5, 5.41) is 10.3. The Morgan fingerprint density at radius 3 is 2.37 bits per heavy atom. The maximum atomic E-state index is 9.20. The topological polar surface area (TPSA) is 32.0 Å². The van der Waals surface area contributed by atoms with E-state index in [1.165, 1.54) is 11.1 Å². The van der Waals surface area contributed by atoms with Crippen molar-refractivity contribution in [1.29, 1.82) is 5.26 Å². The van der Waals surface area contributed by atoms with Gasteiger partial charge < -0.3 is 4.57 Å². The van der Waals surface area contributed by atoms with Crippen LogP contribution in [0.4, 0.5) is 0 Å². The fraction of sp³-hybridized carbons (Fsp3) is 0.438. The van der Waals surface area contributed by atoms with Crippen molar-refractivity contribution in [2.45, 2.75) is 39.4 Å². The second-order valence-corrected chi connectivity index (χ2v) is 6.43. The van der Waals surface area contributed by atoms with E-state index in [4.69, 9.17) is 0 Å². The van der Waals surface area contributed by atoms with E-state index < -0.39 is 0 Å². The molecule has 19 heavy (non-hydrogen) atoms. The lowest BCUT2D eigenvalue weighted by Crippen LogP contribution is -2.36. The van der Waals surface area contributed by atoms with Crippen molar-refractivity contribution >= 4 is 10.9 Å². The van der Waals surface area contributed by atoms with Crippen molar-refractivity contribution in [2.24, 2.45) is 7.05 Å². The molecule has 0 amide bonds. The molecule has 0 atom stereocenters. The lowest BCUT2D eigenvalue weighted by atomic mass is 10.1. The SMILES string of the molecule is Cn1cc(C#N)c2cc3c(cc21)CN(C(C)(C)C)C3. The van der Waals surface area contributed by atoms with E-state index in [0.29, 0.717) is 0 Å². The Balaban J connectivity index is 2.13. The van der Waals surface area contributed by atoms with Crippen molar-refractivity contribution in [3.05, 3.63) is 35.0 Å². The quantitative estimate of drug-likeness (QED) is 0.722. The van der Waals surface area contributed by atoms with Crippen LogP contribution in [-0.4, -0.2) is 15.0 Å². The molecule has 98 valence electrons. The molecular weight excluding hydrogens is 234 g/mol. The van der Waals surface area contributed by atoms with Gasteiger partial charge in [-0.15, -0.1) is 0 Å². The first-order valence-corrected chi connectivity index (χ1v) is 6.66. The summed E-state index contributed by atoms with van der Waals surface area (Å²) in [6.07, 6.45) is 1.92. The third-order valence-corrected chi connectivity index (χ3v) is 4.10. The van der Waals surface area contributed by atoms with Gasteiger partial charge in [0, 0.05) is 42.8 Å². The number of hydrogen-bond acceptors (Lipinski definition) is 2. The first-order valence-electron chi connectivity index (χ1n) is 6.66. The minimum Gasteiger partial charge on any atom is -0.349 e. The normalized spacial score (nSPS) is 15.7. The molecule has 0 saturated heterocycles. The molecule has 3 nitrogen and oxygen atoms in total. The molecular formula is C16H19N3. The number of nitriles is 1. The molecule has 0 radical (unpaired) electrons. The molecule has 0 N–H and O–H groups in total. The molecule has 0 saturated carbocycles. The number of nitrogens with zero attached hydrogens (tertiary/aromatic N) is 3. The number of benzene rings is 1. The average Bonchev–Trinajstić information content (AvgIpc) is 2.88. The number of aryl methyl sites for hydroxylation is 1. The highest BCUT2D eigenvalue weighted by Gasteiger charge is 2.28. The van der Waals surface area contributed by atoms with Gasteiger partial charge in [-0.3, -0.25) is 4.90 Å². The van der Waals surface area contributed by atoms with Gasteiger partial charge >= 0.3 is 0 Å². The van der Waals surface area contributed by atoms with E-state index >= 15 is 0 Å². The zero-order chi connectivity index (χ0) is 13.8. The standard InChI is InChI=1S/C16H19N3/c1-16(2,3)19-9-11-5-14-13(7-17)8-18(4)15(14)6-12(11)10-19/h5-6,8H,9-10H2,1-4H3. The van der Waals surface area contributed by atoms with E-state index in [9.17, 15) is 5.26 Å². The molecule has 0 fully saturated rings. The van der Waals surface area contributed by atoms with Crippen LogP contribution in [0, 0.1) is 11.3 Å². The molecule has 2 aromatic rings. The minimum absolute atomic E-state index is 0.184. The van der Waals surface area contributed by atoms with Crippen LogP contribution < -0.4 is 0 Å². The molecule has 1 aromatic heterocycles. The van der Waals surface area contributed by atoms with Gasteiger partial charge in [-0.1, -0.05) is 0 Å². The highest BCUT2D eigenvalue weighted by Crippen LogP contribution is 2.33. The van der Waals surface area contributed by atoms with Gasteiger partial charge in [0.25, 0.3) is 0 Å². The lowest BCUT2D eigenvalue weighted by molar-refractivity contribution is 0.136. The molecule has 0 aliphatic carbocycles. The van der Waals surface area contributed by atoms with Gasteiger partial charge in [-0.2, -0.15) is 5.26 Å². The summed E-state index contributed by atoms with van der Waals surface area (Å²) in [4.78, 5) is 2.47. The first kappa shape index (κ1) is 12.3. The van der Waals surface area contributed by atoms with E-state index in [0.717, 1.165) is 29.6 Å². The van der Waals surface area contributed by atoms with Gasteiger partial charge in [0.1, 0.15) is 6.07 Å². The van der Waals surface area contributed by atoms with Crippen molar-refractivity contribution < 1.29 is 0 Å². The largest absolute Gasteiger partial charge is 0.349 e. The van der Waals surface area contributed by atoms with Crippen LogP contribution in [0.1, 0.15) is 37.5 Å². The summed E-state index contributed by atoms with van der Waals surface area (Å²) in [7, 11) is 2.01. The molecule has 1 aromatic carbocycles. The number of hydrogen-bond donors (Lipinski definition) is 0. The Hall–Kier alpha value is -1.79.